The maximum Gasteiger partial charge on any atom is 0.342 e. The summed E-state index contributed by atoms with van der Waals surface area (Å²) < 4.78 is 10.5. The average molecular weight is 491 g/mol. The molecule has 2 unspecified atom stereocenters. The number of rotatable bonds is 5. The number of ether oxygens (including phenoxy) is 2. The Morgan fingerprint density at radius 3 is 2.14 bits per heavy atom. The van der Waals surface area contributed by atoms with Gasteiger partial charge >= 0.3 is 5.97 Å². The van der Waals surface area contributed by atoms with Crippen LogP contribution in [0.4, 0.5) is 0 Å². The lowest BCUT2D eigenvalue weighted by Gasteiger charge is -2.38. The Morgan fingerprint density at radius 1 is 0.861 bits per heavy atom. The molecule has 0 amide bonds. The van der Waals surface area contributed by atoms with Crippen molar-refractivity contribution in [2.45, 2.75) is 46.1 Å². The second-order valence-corrected chi connectivity index (χ2v) is 10.0. The minimum atomic E-state index is -0.423. The largest absolute Gasteiger partial charge is 0.507 e. The first-order valence-corrected chi connectivity index (χ1v) is 12.1. The first kappa shape index (κ1) is 26.8. The predicted molar refractivity (Wildman–Crippen MR) is 139 cm³/mol. The van der Waals surface area contributed by atoms with Gasteiger partial charge in [0, 0.05) is 11.6 Å². The van der Waals surface area contributed by atoms with Crippen LogP contribution in [-0.2, 0) is 4.74 Å². The maximum atomic E-state index is 12.1. The van der Waals surface area contributed by atoms with Crippen LogP contribution in [0, 0.1) is 11.3 Å². The van der Waals surface area contributed by atoms with Gasteiger partial charge in [-0.2, -0.15) is 0 Å². The van der Waals surface area contributed by atoms with Gasteiger partial charge in [0.15, 0.2) is 5.78 Å². The molecule has 190 valence electrons. The maximum absolute atomic E-state index is 12.1. The SMILES string of the molecule is CC1CC(OC(=O)c2ccccc2O)CC(C)(C)C1.COc1ccc(C(=O)c2ccccc2)c(O)c1. The van der Waals surface area contributed by atoms with Gasteiger partial charge in [0.25, 0.3) is 0 Å². The smallest absolute Gasteiger partial charge is 0.342 e. The molecule has 0 bridgehead atoms. The van der Waals surface area contributed by atoms with Crippen LogP contribution in [0.2, 0.25) is 0 Å². The first-order valence-electron chi connectivity index (χ1n) is 12.1. The van der Waals surface area contributed by atoms with Gasteiger partial charge in [-0.15, -0.1) is 0 Å². The number of esters is 1. The van der Waals surface area contributed by atoms with E-state index >= 15 is 0 Å². The van der Waals surface area contributed by atoms with E-state index in [1.165, 1.54) is 19.2 Å². The molecule has 2 N–H and O–H groups in total. The van der Waals surface area contributed by atoms with Crippen molar-refractivity contribution in [3.05, 3.63) is 89.5 Å². The van der Waals surface area contributed by atoms with E-state index < -0.39 is 5.97 Å². The van der Waals surface area contributed by atoms with Crippen LogP contribution >= 0.6 is 0 Å². The Hall–Kier alpha value is -3.80. The van der Waals surface area contributed by atoms with E-state index in [-0.39, 0.29) is 39.9 Å². The summed E-state index contributed by atoms with van der Waals surface area (Å²) in [4.78, 5) is 24.1. The van der Waals surface area contributed by atoms with Gasteiger partial charge in [-0.3, -0.25) is 4.79 Å². The second kappa shape index (κ2) is 11.8. The molecule has 1 aliphatic carbocycles. The average Bonchev–Trinajstić information content (AvgIpc) is 2.83. The molecule has 0 aromatic heterocycles. The Bertz CT molecular complexity index is 1190. The lowest BCUT2D eigenvalue weighted by molar-refractivity contribution is -0.00735. The molecular formula is C30H34O6. The van der Waals surface area contributed by atoms with Crippen LogP contribution < -0.4 is 4.74 Å². The highest BCUT2D eigenvalue weighted by atomic mass is 16.5. The Morgan fingerprint density at radius 2 is 1.53 bits per heavy atom. The van der Waals surface area contributed by atoms with Crippen molar-refractivity contribution in [3.8, 4) is 17.2 Å². The Labute approximate surface area is 212 Å². The lowest BCUT2D eigenvalue weighted by atomic mass is 9.71. The summed E-state index contributed by atoms with van der Waals surface area (Å²) in [5.74, 6) is 0.366. The Kier molecular flexibility index (Phi) is 8.75. The number of carbonyl (C=O) groups excluding carboxylic acids is 2. The molecule has 2 atom stereocenters. The standard InChI is InChI=1S/C16H22O3.C14H12O3/c1-11-8-12(10-16(2,3)9-11)19-15(18)13-6-4-5-7-14(13)17;1-17-11-7-8-12(13(15)9-11)14(16)10-5-3-2-4-6-10/h4-7,11-12,17H,8-10H2,1-3H3;2-9,15H,1H3. The highest BCUT2D eigenvalue weighted by Crippen LogP contribution is 2.40. The van der Waals surface area contributed by atoms with Crippen LogP contribution in [-0.4, -0.2) is 35.2 Å². The number of hydrogen-bond acceptors (Lipinski definition) is 6. The molecule has 6 heteroatoms. The zero-order valence-electron chi connectivity index (χ0n) is 21.2. The number of benzene rings is 3. The van der Waals surface area contributed by atoms with Crippen molar-refractivity contribution >= 4 is 11.8 Å². The molecule has 0 saturated heterocycles. The molecule has 0 heterocycles. The molecular weight excluding hydrogens is 456 g/mol. The normalized spacial score (nSPS) is 18.3. The van der Waals surface area contributed by atoms with Gasteiger partial charge in [0.2, 0.25) is 0 Å². The fourth-order valence-corrected chi connectivity index (χ4v) is 4.78. The number of phenols is 2. The van der Waals surface area contributed by atoms with Crippen molar-refractivity contribution in [2.24, 2.45) is 11.3 Å². The number of phenolic OH excluding ortho intramolecular Hbond substituents is 2. The number of methoxy groups -OCH3 is 1. The number of hydrogen-bond donors (Lipinski definition) is 2. The van der Waals surface area contributed by atoms with E-state index in [2.05, 4.69) is 20.8 Å². The highest BCUT2D eigenvalue weighted by Gasteiger charge is 2.34. The Balaban J connectivity index is 0.000000202. The summed E-state index contributed by atoms with van der Waals surface area (Å²) in [6.07, 6.45) is 2.91. The third-order valence-electron chi connectivity index (χ3n) is 6.23. The minimum absolute atomic E-state index is 0.0179. The van der Waals surface area contributed by atoms with Crippen molar-refractivity contribution in [1.29, 1.82) is 0 Å². The van der Waals surface area contributed by atoms with Gasteiger partial charge in [-0.05, 0) is 54.9 Å². The predicted octanol–water partition coefficient (Wildman–Crippen LogP) is 6.40. The second-order valence-electron chi connectivity index (χ2n) is 10.0. The van der Waals surface area contributed by atoms with Crippen LogP contribution in [0.25, 0.3) is 0 Å². The number of ketones is 1. The third kappa shape index (κ3) is 7.11. The minimum Gasteiger partial charge on any atom is -0.507 e. The van der Waals surface area contributed by atoms with Gasteiger partial charge in [0.05, 0.1) is 12.7 Å². The molecule has 0 radical (unpaired) electrons. The van der Waals surface area contributed by atoms with Gasteiger partial charge in [0.1, 0.15) is 28.9 Å². The van der Waals surface area contributed by atoms with Gasteiger partial charge in [-0.25, -0.2) is 4.79 Å². The summed E-state index contributed by atoms with van der Waals surface area (Å²) in [6.45, 7) is 6.62. The zero-order valence-corrected chi connectivity index (χ0v) is 21.2. The molecule has 6 nitrogen and oxygen atoms in total. The molecule has 0 spiro atoms. The number of carbonyl (C=O) groups is 2. The molecule has 1 fully saturated rings. The van der Waals surface area contributed by atoms with E-state index in [1.54, 1.807) is 54.6 Å². The molecule has 36 heavy (non-hydrogen) atoms. The van der Waals surface area contributed by atoms with Crippen molar-refractivity contribution < 1.29 is 29.3 Å². The van der Waals surface area contributed by atoms with Crippen LogP contribution in [0.1, 0.15) is 66.3 Å². The summed E-state index contributed by atoms with van der Waals surface area (Å²) in [6, 6.07) is 20.0. The molecule has 1 aliphatic rings. The van der Waals surface area contributed by atoms with E-state index in [0.717, 1.165) is 19.3 Å². The number of para-hydroxylation sites is 1. The zero-order chi connectivity index (χ0) is 26.3. The molecule has 0 aliphatic heterocycles. The quantitative estimate of drug-likeness (QED) is 0.318. The monoisotopic (exact) mass is 490 g/mol. The number of aromatic hydroxyl groups is 2. The van der Waals surface area contributed by atoms with Crippen molar-refractivity contribution in [3.63, 3.8) is 0 Å². The lowest BCUT2D eigenvalue weighted by Crippen LogP contribution is -2.34. The van der Waals surface area contributed by atoms with Crippen LogP contribution in [0.3, 0.4) is 0 Å². The summed E-state index contributed by atoms with van der Waals surface area (Å²) in [7, 11) is 1.51. The highest BCUT2D eigenvalue weighted by molar-refractivity contribution is 6.10. The van der Waals surface area contributed by atoms with Crippen molar-refractivity contribution in [2.75, 3.05) is 7.11 Å². The van der Waals surface area contributed by atoms with Crippen molar-refractivity contribution in [1.82, 2.24) is 0 Å². The van der Waals surface area contributed by atoms with Crippen LogP contribution in [0.5, 0.6) is 17.2 Å². The van der Waals surface area contributed by atoms with E-state index in [4.69, 9.17) is 9.47 Å². The van der Waals surface area contributed by atoms with E-state index in [9.17, 15) is 19.8 Å². The topological polar surface area (TPSA) is 93.1 Å². The summed E-state index contributed by atoms with van der Waals surface area (Å²) >= 11 is 0. The summed E-state index contributed by atoms with van der Waals surface area (Å²) in [5, 5.41) is 19.4. The summed E-state index contributed by atoms with van der Waals surface area (Å²) in [5.41, 5.74) is 1.28. The first-order chi connectivity index (χ1) is 17.1. The molecule has 3 aromatic rings. The van der Waals surface area contributed by atoms with E-state index in [0.29, 0.717) is 17.2 Å². The van der Waals surface area contributed by atoms with Gasteiger partial charge < -0.3 is 19.7 Å². The van der Waals surface area contributed by atoms with Crippen LogP contribution in [0.15, 0.2) is 72.8 Å². The molecule has 3 aromatic carbocycles. The van der Waals surface area contributed by atoms with E-state index in [1.807, 2.05) is 6.07 Å². The molecule has 4 rings (SSSR count). The third-order valence-corrected chi connectivity index (χ3v) is 6.23. The fourth-order valence-electron chi connectivity index (χ4n) is 4.78. The molecule has 1 saturated carbocycles. The van der Waals surface area contributed by atoms with Gasteiger partial charge in [-0.1, -0.05) is 63.2 Å². The fraction of sp³-hybridized carbons (Fsp3) is 0.333.